The van der Waals surface area contributed by atoms with Crippen molar-refractivity contribution in [2.75, 3.05) is 26.1 Å². The van der Waals surface area contributed by atoms with Crippen molar-refractivity contribution in [3.05, 3.63) is 4.88 Å². The first-order chi connectivity index (χ1) is 11.7. The summed E-state index contributed by atoms with van der Waals surface area (Å²) in [5, 5.41) is 7.46. The standard InChI is InChI=1S/C17H30N4O3S/c1-17(2,3)24-16(22)19-12-9-7-8-11(12)18-10-13-14(23-6)20-15(25-13)21(4)5/h11-12,18H,7-10H2,1-6H3,(H,19,22). The highest BCUT2D eigenvalue weighted by molar-refractivity contribution is 7.15. The minimum Gasteiger partial charge on any atom is -0.480 e. The van der Waals surface area contributed by atoms with Crippen LogP contribution in [0.1, 0.15) is 44.9 Å². The molecule has 1 amide bonds. The van der Waals surface area contributed by atoms with Crippen LogP contribution in [0.5, 0.6) is 5.88 Å². The summed E-state index contributed by atoms with van der Waals surface area (Å²) < 4.78 is 10.7. The zero-order valence-electron chi connectivity index (χ0n) is 16.0. The van der Waals surface area contributed by atoms with Gasteiger partial charge in [0, 0.05) is 32.7 Å². The zero-order chi connectivity index (χ0) is 18.6. The van der Waals surface area contributed by atoms with Gasteiger partial charge in [0.2, 0.25) is 5.88 Å². The van der Waals surface area contributed by atoms with Crippen LogP contribution in [-0.4, -0.2) is 50.0 Å². The fourth-order valence-electron chi connectivity index (χ4n) is 2.85. The zero-order valence-corrected chi connectivity index (χ0v) is 16.8. The average molecular weight is 371 g/mol. The summed E-state index contributed by atoms with van der Waals surface area (Å²) in [5.41, 5.74) is -0.482. The molecule has 0 saturated heterocycles. The number of ether oxygens (including phenoxy) is 2. The lowest BCUT2D eigenvalue weighted by Crippen LogP contribution is -2.47. The van der Waals surface area contributed by atoms with E-state index in [1.165, 1.54) is 0 Å². The van der Waals surface area contributed by atoms with Crippen molar-refractivity contribution in [3.8, 4) is 5.88 Å². The number of methoxy groups -OCH3 is 1. The van der Waals surface area contributed by atoms with E-state index in [1.807, 2.05) is 39.8 Å². The largest absolute Gasteiger partial charge is 0.480 e. The van der Waals surface area contributed by atoms with Gasteiger partial charge in [-0.2, -0.15) is 4.98 Å². The Bertz CT molecular complexity index is 583. The van der Waals surface area contributed by atoms with Gasteiger partial charge >= 0.3 is 6.09 Å². The van der Waals surface area contributed by atoms with Crippen LogP contribution in [0.3, 0.4) is 0 Å². The van der Waals surface area contributed by atoms with Crippen LogP contribution in [0.2, 0.25) is 0 Å². The van der Waals surface area contributed by atoms with Gasteiger partial charge < -0.3 is 25.0 Å². The maximum absolute atomic E-state index is 12.0. The predicted molar refractivity (Wildman–Crippen MR) is 101 cm³/mol. The molecule has 1 aromatic heterocycles. The van der Waals surface area contributed by atoms with Crippen LogP contribution in [0, 0.1) is 0 Å². The highest BCUT2D eigenvalue weighted by atomic mass is 32.1. The molecule has 25 heavy (non-hydrogen) atoms. The molecule has 8 heteroatoms. The summed E-state index contributed by atoms with van der Waals surface area (Å²) in [7, 11) is 5.57. The summed E-state index contributed by atoms with van der Waals surface area (Å²) in [6.45, 7) is 6.28. The molecule has 1 saturated carbocycles. The first-order valence-electron chi connectivity index (χ1n) is 8.63. The van der Waals surface area contributed by atoms with Crippen LogP contribution in [0.25, 0.3) is 0 Å². The summed E-state index contributed by atoms with van der Waals surface area (Å²) in [5.74, 6) is 0.663. The summed E-state index contributed by atoms with van der Waals surface area (Å²) in [6.07, 6.45) is 2.72. The molecule has 2 rings (SSSR count). The first kappa shape index (κ1) is 19.8. The third-order valence-corrected chi connectivity index (χ3v) is 5.17. The second-order valence-electron chi connectivity index (χ2n) is 7.49. The Labute approximate surface area is 154 Å². The van der Waals surface area contributed by atoms with Crippen molar-refractivity contribution in [1.29, 1.82) is 0 Å². The lowest BCUT2D eigenvalue weighted by atomic mass is 10.1. The van der Waals surface area contributed by atoms with Crippen molar-refractivity contribution >= 4 is 22.6 Å². The molecule has 0 spiro atoms. The third-order valence-electron chi connectivity index (χ3n) is 3.97. The van der Waals surface area contributed by atoms with Crippen molar-refractivity contribution < 1.29 is 14.3 Å². The van der Waals surface area contributed by atoms with Crippen LogP contribution < -0.4 is 20.3 Å². The summed E-state index contributed by atoms with van der Waals surface area (Å²) in [4.78, 5) is 19.5. The van der Waals surface area contributed by atoms with Gasteiger partial charge in [-0.25, -0.2) is 4.79 Å². The SMILES string of the molecule is COc1nc(N(C)C)sc1CNC1CCCC1NC(=O)OC(C)(C)C. The molecule has 2 atom stereocenters. The highest BCUT2D eigenvalue weighted by Gasteiger charge is 2.30. The number of nitrogens with zero attached hydrogens (tertiary/aromatic N) is 2. The van der Waals surface area contributed by atoms with Crippen molar-refractivity contribution in [3.63, 3.8) is 0 Å². The van der Waals surface area contributed by atoms with Gasteiger partial charge in [0.1, 0.15) is 5.60 Å². The van der Waals surface area contributed by atoms with Gasteiger partial charge in [-0.05, 0) is 40.0 Å². The summed E-state index contributed by atoms with van der Waals surface area (Å²) >= 11 is 1.61. The molecule has 1 fully saturated rings. The van der Waals surface area contributed by atoms with Crippen molar-refractivity contribution in [2.45, 2.75) is 64.3 Å². The number of aromatic nitrogens is 1. The van der Waals surface area contributed by atoms with E-state index >= 15 is 0 Å². The fraction of sp³-hybridized carbons (Fsp3) is 0.765. The number of hydrogen-bond donors (Lipinski definition) is 2. The van der Waals surface area contributed by atoms with Gasteiger partial charge in [0.05, 0.1) is 12.0 Å². The van der Waals surface area contributed by atoms with Crippen LogP contribution in [0.15, 0.2) is 0 Å². The second-order valence-corrected chi connectivity index (χ2v) is 8.56. The van der Waals surface area contributed by atoms with Gasteiger partial charge in [-0.1, -0.05) is 11.3 Å². The maximum Gasteiger partial charge on any atom is 0.407 e. The molecular formula is C17H30N4O3S. The topological polar surface area (TPSA) is 75.7 Å². The molecule has 0 radical (unpaired) electrons. The van der Waals surface area contributed by atoms with E-state index in [-0.39, 0.29) is 18.2 Å². The van der Waals surface area contributed by atoms with Crippen LogP contribution >= 0.6 is 11.3 Å². The number of rotatable bonds is 6. The monoisotopic (exact) mass is 370 g/mol. The smallest absolute Gasteiger partial charge is 0.407 e. The molecule has 1 aliphatic carbocycles. The molecule has 1 aromatic rings. The number of hydrogen-bond acceptors (Lipinski definition) is 7. The number of carbonyl (C=O) groups is 1. The van der Waals surface area contributed by atoms with E-state index in [9.17, 15) is 4.79 Å². The Balaban J connectivity index is 1.92. The Morgan fingerprint density at radius 1 is 1.32 bits per heavy atom. The van der Waals surface area contributed by atoms with E-state index < -0.39 is 5.60 Å². The normalized spacial score (nSPS) is 20.4. The molecule has 7 nitrogen and oxygen atoms in total. The number of alkyl carbamates (subject to hydrolysis) is 1. The molecular weight excluding hydrogens is 340 g/mol. The molecule has 1 aliphatic rings. The first-order valence-corrected chi connectivity index (χ1v) is 9.45. The lowest BCUT2D eigenvalue weighted by Gasteiger charge is -2.25. The number of carbonyl (C=O) groups excluding carboxylic acids is 1. The second kappa shape index (κ2) is 8.23. The molecule has 2 N–H and O–H groups in total. The lowest BCUT2D eigenvalue weighted by molar-refractivity contribution is 0.0498. The van der Waals surface area contributed by atoms with Gasteiger partial charge in [-0.3, -0.25) is 0 Å². The van der Waals surface area contributed by atoms with E-state index in [4.69, 9.17) is 9.47 Å². The fourth-order valence-corrected chi connectivity index (χ4v) is 3.75. The van der Waals surface area contributed by atoms with Crippen molar-refractivity contribution in [1.82, 2.24) is 15.6 Å². The van der Waals surface area contributed by atoms with Gasteiger partial charge in [0.15, 0.2) is 5.13 Å². The number of amides is 1. The van der Waals surface area contributed by atoms with Crippen molar-refractivity contribution in [2.24, 2.45) is 0 Å². The van der Waals surface area contributed by atoms with E-state index in [1.54, 1.807) is 18.4 Å². The Kier molecular flexibility index (Phi) is 6.51. The Morgan fingerprint density at radius 3 is 2.60 bits per heavy atom. The Hall–Kier alpha value is -1.54. The van der Waals surface area contributed by atoms with Gasteiger partial charge in [-0.15, -0.1) is 0 Å². The van der Waals surface area contributed by atoms with Crippen LogP contribution in [0.4, 0.5) is 9.93 Å². The minimum atomic E-state index is -0.482. The number of thiazole rings is 1. The highest BCUT2D eigenvalue weighted by Crippen LogP contribution is 2.31. The third kappa shape index (κ3) is 5.74. The predicted octanol–water partition coefficient (Wildman–Crippen LogP) is 2.75. The molecule has 1 heterocycles. The Morgan fingerprint density at radius 2 is 2.00 bits per heavy atom. The number of nitrogens with one attached hydrogen (secondary N) is 2. The van der Waals surface area contributed by atoms with E-state index in [0.717, 1.165) is 29.3 Å². The van der Waals surface area contributed by atoms with Crippen LogP contribution in [-0.2, 0) is 11.3 Å². The minimum absolute atomic E-state index is 0.0853. The van der Waals surface area contributed by atoms with E-state index in [2.05, 4.69) is 15.6 Å². The van der Waals surface area contributed by atoms with Gasteiger partial charge in [0.25, 0.3) is 0 Å². The average Bonchev–Trinajstić information content (AvgIpc) is 3.09. The van der Waals surface area contributed by atoms with E-state index in [0.29, 0.717) is 12.4 Å². The molecule has 0 aromatic carbocycles. The molecule has 2 unspecified atom stereocenters. The number of anilines is 1. The molecule has 142 valence electrons. The summed E-state index contributed by atoms with van der Waals surface area (Å²) in [6, 6.07) is 0.309. The maximum atomic E-state index is 12.0. The molecule has 0 bridgehead atoms. The quantitative estimate of drug-likeness (QED) is 0.802. The molecule has 0 aliphatic heterocycles.